The van der Waals surface area contributed by atoms with E-state index in [0.717, 1.165) is 5.69 Å². The molecule has 1 aromatic heterocycles. The van der Waals surface area contributed by atoms with Crippen LogP contribution in [0, 0.1) is 11.3 Å². The Morgan fingerprint density at radius 2 is 1.95 bits per heavy atom. The van der Waals surface area contributed by atoms with Crippen molar-refractivity contribution in [3.8, 4) is 6.07 Å². The van der Waals surface area contributed by atoms with E-state index in [1.807, 2.05) is 12.1 Å². The van der Waals surface area contributed by atoms with Gasteiger partial charge in [-0.2, -0.15) is 15.5 Å². The summed E-state index contributed by atoms with van der Waals surface area (Å²) in [5.41, 5.74) is 1.20. The van der Waals surface area contributed by atoms with Gasteiger partial charge in [-0.3, -0.25) is 0 Å². The third-order valence-electron chi connectivity index (χ3n) is 2.82. The lowest BCUT2D eigenvalue weighted by molar-refractivity contribution is 0.590. The molecule has 1 heterocycles. The molecule has 0 radical (unpaired) electrons. The first-order valence-electron chi connectivity index (χ1n) is 6.32. The number of hydrogen-bond acceptors (Lipinski definition) is 6. The van der Waals surface area contributed by atoms with Gasteiger partial charge in [-0.1, -0.05) is 0 Å². The largest absolute Gasteiger partial charge is 0.310 e. The molecule has 0 saturated heterocycles. The molecule has 7 heteroatoms. The summed E-state index contributed by atoms with van der Waals surface area (Å²) in [5, 5.41) is 19.3. The number of sulfone groups is 1. The maximum absolute atomic E-state index is 12.1. The quantitative estimate of drug-likeness (QED) is 0.797. The van der Waals surface area contributed by atoms with Crippen molar-refractivity contribution in [2.24, 2.45) is 0 Å². The standard InChI is InChI=1S/C14H14N4O2S/c15-10-12-3-5-14(6-4-12)21(19,20)9-8-16-11-13-2-1-7-17-18-13/h1-7,16H,8-9,11H2. The third kappa shape index (κ3) is 4.34. The minimum Gasteiger partial charge on any atom is -0.310 e. The topological polar surface area (TPSA) is 95.7 Å². The van der Waals surface area contributed by atoms with E-state index in [-0.39, 0.29) is 10.6 Å². The van der Waals surface area contributed by atoms with Crippen LogP contribution in [0.5, 0.6) is 0 Å². The maximum Gasteiger partial charge on any atom is 0.179 e. The molecule has 2 aromatic rings. The lowest BCUT2D eigenvalue weighted by Gasteiger charge is -2.06. The Bertz CT molecular complexity index is 722. The highest BCUT2D eigenvalue weighted by Gasteiger charge is 2.13. The smallest absolute Gasteiger partial charge is 0.179 e. The van der Waals surface area contributed by atoms with Crippen molar-refractivity contribution < 1.29 is 8.42 Å². The fraction of sp³-hybridized carbons (Fsp3) is 0.214. The zero-order valence-electron chi connectivity index (χ0n) is 11.2. The molecule has 0 fully saturated rings. The van der Waals surface area contributed by atoms with Gasteiger partial charge in [-0.15, -0.1) is 0 Å². The van der Waals surface area contributed by atoms with E-state index in [4.69, 9.17) is 5.26 Å². The summed E-state index contributed by atoms with van der Waals surface area (Å²) in [4.78, 5) is 0.225. The first-order chi connectivity index (χ1) is 10.1. The monoisotopic (exact) mass is 302 g/mol. The van der Waals surface area contributed by atoms with Crippen molar-refractivity contribution in [2.45, 2.75) is 11.4 Å². The van der Waals surface area contributed by atoms with Crippen molar-refractivity contribution in [1.82, 2.24) is 15.5 Å². The van der Waals surface area contributed by atoms with Crippen LogP contribution in [0.15, 0.2) is 47.5 Å². The van der Waals surface area contributed by atoms with E-state index in [2.05, 4.69) is 15.5 Å². The Hall–Kier alpha value is -2.30. The summed E-state index contributed by atoms with van der Waals surface area (Å²) < 4.78 is 24.2. The van der Waals surface area contributed by atoms with Crippen LogP contribution >= 0.6 is 0 Å². The Labute approximate surface area is 123 Å². The van der Waals surface area contributed by atoms with Gasteiger partial charge in [0.15, 0.2) is 9.84 Å². The van der Waals surface area contributed by atoms with Crippen LogP contribution in [0.3, 0.4) is 0 Å². The zero-order valence-corrected chi connectivity index (χ0v) is 12.0. The SMILES string of the molecule is N#Cc1ccc(S(=O)(=O)CCNCc2cccnn2)cc1. The number of hydrogen-bond donors (Lipinski definition) is 1. The summed E-state index contributed by atoms with van der Waals surface area (Å²) >= 11 is 0. The van der Waals surface area contributed by atoms with Crippen LogP contribution < -0.4 is 5.32 Å². The van der Waals surface area contributed by atoms with Crippen LogP contribution in [-0.2, 0) is 16.4 Å². The summed E-state index contributed by atoms with van der Waals surface area (Å²) in [7, 11) is -3.35. The molecule has 108 valence electrons. The van der Waals surface area contributed by atoms with Gasteiger partial charge in [0, 0.05) is 19.3 Å². The van der Waals surface area contributed by atoms with E-state index in [0.29, 0.717) is 18.7 Å². The number of benzene rings is 1. The van der Waals surface area contributed by atoms with E-state index in [1.54, 1.807) is 12.3 Å². The van der Waals surface area contributed by atoms with Gasteiger partial charge in [0.25, 0.3) is 0 Å². The molecule has 0 atom stereocenters. The second-order valence-corrected chi connectivity index (χ2v) is 6.46. The molecule has 21 heavy (non-hydrogen) atoms. The molecule has 0 saturated carbocycles. The number of rotatable bonds is 6. The van der Waals surface area contributed by atoms with Crippen molar-refractivity contribution in [3.05, 3.63) is 53.9 Å². The highest BCUT2D eigenvalue weighted by atomic mass is 32.2. The van der Waals surface area contributed by atoms with E-state index >= 15 is 0 Å². The predicted molar refractivity (Wildman–Crippen MR) is 76.9 cm³/mol. The fourth-order valence-electron chi connectivity index (χ4n) is 1.71. The molecule has 0 bridgehead atoms. The number of aromatic nitrogens is 2. The molecule has 0 aliphatic rings. The Kier molecular flexibility index (Phi) is 4.98. The highest BCUT2D eigenvalue weighted by molar-refractivity contribution is 7.91. The Morgan fingerprint density at radius 3 is 2.57 bits per heavy atom. The normalized spacial score (nSPS) is 11.0. The van der Waals surface area contributed by atoms with Gasteiger partial charge in [-0.25, -0.2) is 8.42 Å². The summed E-state index contributed by atoms with van der Waals surface area (Å²) in [5.74, 6) is -0.0147. The van der Waals surface area contributed by atoms with Crippen molar-refractivity contribution >= 4 is 9.84 Å². The van der Waals surface area contributed by atoms with E-state index < -0.39 is 9.84 Å². The molecule has 6 nitrogen and oxygen atoms in total. The van der Waals surface area contributed by atoms with E-state index in [9.17, 15) is 8.42 Å². The summed E-state index contributed by atoms with van der Waals surface area (Å²) in [6.45, 7) is 0.787. The Morgan fingerprint density at radius 1 is 1.19 bits per heavy atom. The first-order valence-corrected chi connectivity index (χ1v) is 7.97. The van der Waals surface area contributed by atoms with Crippen LogP contribution in [-0.4, -0.2) is 30.9 Å². The van der Waals surface area contributed by atoms with Gasteiger partial charge in [0.2, 0.25) is 0 Å². The van der Waals surface area contributed by atoms with Crippen LogP contribution in [0.1, 0.15) is 11.3 Å². The highest BCUT2D eigenvalue weighted by Crippen LogP contribution is 2.11. The van der Waals surface area contributed by atoms with Crippen molar-refractivity contribution in [3.63, 3.8) is 0 Å². The molecule has 2 rings (SSSR count). The Balaban J connectivity index is 1.88. The minimum atomic E-state index is -3.35. The van der Waals surface area contributed by atoms with Gasteiger partial charge in [0.1, 0.15) is 0 Å². The lowest BCUT2D eigenvalue weighted by atomic mass is 10.2. The molecular formula is C14H14N4O2S. The van der Waals surface area contributed by atoms with Crippen LogP contribution in [0.4, 0.5) is 0 Å². The van der Waals surface area contributed by atoms with Gasteiger partial charge < -0.3 is 5.32 Å². The zero-order chi connectivity index (χ0) is 15.1. The molecule has 0 aliphatic carbocycles. The second-order valence-electron chi connectivity index (χ2n) is 4.35. The molecule has 1 N–H and O–H groups in total. The van der Waals surface area contributed by atoms with Crippen LogP contribution in [0.2, 0.25) is 0 Å². The predicted octanol–water partition coefficient (Wildman–Crippen LogP) is 0.912. The number of nitriles is 1. The van der Waals surface area contributed by atoms with Gasteiger partial charge in [0.05, 0.1) is 28.0 Å². The summed E-state index contributed by atoms with van der Waals surface area (Å²) in [6, 6.07) is 11.5. The molecule has 0 spiro atoms. The molecule has 0 unspecified atom stereocenters. The first kappa shape index (κ1) is 15.1. The molecular weight excluding hydrogens is 288 g/mol. The molecule has 1 aromatic carbocycles. The lowest BCUT2D eigenvalue weighted by Crippen LogP contribution is -2.23. The second kappa shape index (κ2) is 6.92. The van der Waals surface area contributed by atoms with Crippen molar-refractivity contribution in [2.75, 3.05) is 12.3 Å². The average molecular weight is 302 g/mol. The average Bonchev–Trinajstić information content (AvgIpc) is 2.53. The summed E-state index contributed by atoms with van der Waals surface area (Å²) in [6.07, 6.45) is 1.58. The van der Waals surface area contributed by atoms with E-state index in [1.165, 1.54) is 24.3 Å². The fourth-order valence-corrected chi connectivity index (χ4v) is 2.90. The third-order valence-corrected chi connectivity index (χ3v) is 4.56. The van der Waals surface area contributed by atoms with Crippen LogP contribution in [0.25, 0.3) is 0 Å². The number of nitrogens with one attached hydrogen (secondary N) is 1. The van der Waals surface area contributed by atoms with Gasteiger partial charge >= 0.3 is 0 Å². The number of nitrogens with zero attached hydrogens (tertiary/aromatic N) is 3. The molecule has 0 amide bonds. The minimum absolute atomic E-state index is 0.0147. The maximum atomic E-state index is 12.1. The van der Waals surface area contributed by atoms with Crippen molar-refractivity contribution in [1.29, 1.82) is 5.26 Å². The molecule has 0 aliphatic heterocycles. The van der Waals surface area contributed by atoms with Gasteiger partial charge in [-0.05, 0) is 36.4 Å².